The van der Waals surface area contributed by atoms with E-state index in [0.717, 1.165) is 12.3 Å². The van der Waals surface area contributed by atoms with Crippen molar-refractivity contribution in [2.24, 2.45) is 5.92 Å². The van der Waals surface area contributed by atoms with Crippen molar-refractivity contribution in [3.8, 4) is 0 Å². The van der Waals surface area contributed by atoms with E-state index < -0.39 is 5.60 Å². The standard InChI is InChI=1S/C28H40N4O5/c1-19-16-23(33)18-22-17-21(25(34)29-11-10-20-6-7-20)8-9-24(22)32(19)26(35)30-12-5-13-31(15-14-30)27(36)37-28(2,3)4/h8-9,17,19-20H,5-7,10-16,18H2,1-4H3,(H,29,34)/t19-/m0/s1. The zero-order valence-electron chi connectivity index (χ0n) is 22.5. The molecular formula is C28H40N4O5. The van der Waals surface area contributed by atoms with Gasteiger partial charge in [-0.1, -0.05) is 12.8 Å². The van der Waals surface area contributed by atoms with Crippen LogP contribution in [0.5, 0.6) is 0 Å². The molecule has 2 heterocycles. The van der Waals surface area contributed by atoms with Crippen LogP contribution in [-0.4, -0.2) is 78.0 Å². The van der Waals surface area contributed by atoms with Crippen LogP contribution in [0.15, 0.2) is 18.2 Å². The lowest BCUT2D eigenvalue weighted by Crippen LogP contribution is -2.49. The first-order valence-corrected chi connectivity index (χ1v) is 13.5. The normalized spacial score (nSPS) is 20.6. The number of ketones is 1. The first kappa shape index (κ1) is 26.9. The topological polar surface area (TPSA) is 99.3 Å². The van der Waals surface area contributed by atoms with E-state index in [0.29, 0.717) is 56.0 Å². The highest BCUT2D eigenvalue weighted by molar-refractivity contribution is 6.00. The summed E-state index contributed by atoms with van der Waals surface area (Å²) >= 11 is 0. The molecule has 9 heteroatoms. The van der Waals surface area contributed by atoms with Gasteiger partial charge in [0.15, 0.2) is 0 Å². The van der Waals surface area contributed by atoms with Gasteiger partial charge in [-0.05, 0) is 70.2 Å². The summed E-state index contributed by atoms with van der Waals surface area (Å²) in [4.78, 5) is 56.9. The van der Waals surface area contributed by atoms with Crippen LogP contribution in [0.4, 0.5) is 15.3 Å². The molecule has 1 aliphatic carbocycles. The van der Waals surface area contributed by atoms with Gasteiger partial charge in [0.2, 0.25) is 0 Å². The van der Waals surface area contributed by atoms with Crippen molar-refractivity contribution in [3.63, 3.8) is 0 Å². The molecule has 4 amide bonds. The molecule has 2 aliphatic heterocycles. The van der Waals surface area contributed by atoms with E-state index in [-0.39, 0.29) is 42.7 Å². The molecule has 0 radical (unpaired) electrons. The Labute approximate surface area is 219 Å². The van der Waals surface area contributed by atoms with Crippen molar-refractivity contribution in [3.05, 3.63) is 29.3 Å². The SMILES string of the molecule is C[C@H]1CC(=O)Cc2cc(C(=O)NCCC3CC3)ccc2N1C(=O)N1CCCN(C(=O)OC(C)(C)C)CC1. The number of carbonyl (C=O) groups excluding carboxylic acids is 4. The molecule has 9 nitrogen and oxygen atoms in total. The van der Waals surface area contributed by atoms with Crippen molar-refractivity contribution in [1.82, 2.24) is 15.1 Å². The van der Waals surface area contributed by atoms with Gasteiger partial charge in [0, 0.05) is 62.9 Å². The predicted octanol–water partition coefficient (Wildman–Crippen LogP) is 3.99. The number of anilines is 1. The number of amides is 4. The van der Waals surface area contributed by atoms with E-state index in [9.17, 15) is 19.2 Å². The molecule has 1 aromatic rings. The quantitative estimate of drug-likeness (QED) is 0.658. The summed E-state index contributed by atoms with van der Waals surface area (Å²) in [6.07, 6.45) is 4.20. The average Bonchev–Trinajstić information content (AvgIpc) is 3.65. The summed E-state index contributed by atoms with van der Waals surface area (Å²) in [6, 6.07) is 4.79. The van der Waals surface area contributed by atoms with Gasteiger partial charge in [-0.3, -0.25) is 14.5 Å². The third-order valence-corrected chi connectivity index (χ3v) is 7.11. The fourth-order valence-electron chi connectivity index (χ4n) is 5.01. The molecule has 4 rings (SSSR count). The number of carbonyl (C=O) groups is 4. The maximum atomic E-state index is 13.8. The van der Waals surface area contributed by atoms with E-state index in [1.165, 1.54) is 12.8 Å². The Balaban J connectivity index is 1.48. The number of rotatable bonds is 4. The zero-order valence-corrected chi connectivity index (χ0v) is 22.5. The number of hydrogen-bond acceptors (Lipinski definition) is 5. The molecule has 3 aliphatic rings. The Kier molecular flexibility index (Phi) is 8.09. The van der Waals surface area contributed by atoms with Crippen molar-refractivity contribution in [2.45, 2.75) is 77.9 Å². The lowest BCUT2D eigenvalue weighted by Gasteiger charge is -2.34. The van der Waals surface area contributed by atoms with Gasteiger partial charge in [-0.2, -0.15) is 0 Å². The second-order valence-corrected chi connectivity index (χ2v) is 11.6. The molecule has 1 saturated heterocycles. The average molecular weight is 513 g/mol. The van der Waals surface area contributed by atoms with Crippen LogP contribution in [0, 0.1) is 5.92 Å². The number of Topliss-reactive ketones (excluding diaryl/α,β-unsaturated/α-hetero) is 1. The fourth-order valence-corrected chi connectivity index (χ4v) is 5.01. The number of nitrogens with zero attached hydrogens (tertiary/aromatic N) is 3. The molecule has 0 unspecified atom stereocenters. The molecule has 0 spiro atoms. The summed E-state index contributed by atoms with van der Waals surface area (Å²) in [5.41, 5.74) is 1.30. The zero-order chi connectivity index (χ0) is 26.7. The second kappa shape index (κ2) is 11.1. The van der Waals surface area contributed by atoms with Gasteiger partial charge in [0.1, 0.15) is 11.4 Å². The van der Waals surface area contributed by atoms with E-state index in [1.807, 2.05) is 27.7 Å². The van der Waals surface area contributed by atoms with Crippen LogP contribution in [0.1, 0.15) is 75.7 Å². The maximum Gasteiger partial charge on any atom is 0.410 e. The summed E-state index contributed by atoms with van der Waals surface area (Å²) in [5.74, 6) is 0.629. The van der Waals surface area contributed by atoms with Crippen LogP contribution in [-0.2, 0) is 16.0 Å². The van der Waals surface area contributed by atoms with Crippen LogP contribution in [0.3, 0.4) is 0 Å². The largest absolute Gasteiger partial charge is 0.444 e. The number of hydrogen-bond donors (Lipinski definition) is 1. The van der Waals surface area contributed by atoms with Crippen molar-refractivity contribution in [2.75, 3.05) is 37.6 Å². The monoisotopic (exact) mass is 512 g/mol. The van der Waals surface area contributed by atoms with Crippen LogP contribution >= 0.6 is 0 Å². The molecule has 1 N–H and O–H groups in total. The molecule has 1 atom stereocenters. The minimum absolute atomic E-state index is 0.0438. The molecule has 202 valence electrons. The second-order valence-electron chi connectivity index (χ2n) is 11.6. The first-order valence-electron chi connectivity index (χ1n) is 13.5. The highest BCUT2D eigenvalue weighted by Gasteiger charge is 2.34. The third-order valence-electron chi connectivity index (χ3n) is 7.11. The number of fused-ring (bicyclic) bond motifs is 1. The third kappa shape index (κ3) is 7.02. The van der Waals surface area contributed by atoms with Gasteiger partial charge in [0.25, 0.3) is 5.91 Å². The van der Waals surface area contributed by atoms with E-state index in [2.05, 4.69) is 5.32 Å². The van der Waals surface area contributed by atoms with Crippen LogP contribution in [0.25, 0.3) is 0 Å². The minimum Gasteiger partial charge on any atom is -0.444 e. The number of benzene rings is 1. The molecule has 1 aromatic carbocycles. The van der Waals surface area contributed by atoms with Gasteiger partial charge < -0.3 is 19.9 Å². The Morgan fingerprint density at radius 3 is 2.46 bits per heavy atom. The summed E-state index contributed by atoms with van der Waals surface area (Å²) in [6.45, 7) is 9.82. The molecular weight excluding hydrogens is 472 g/mol. The fraction of sp³-hybridized carbons (Fsp3) is 0.643. The number of ether oxygens (including phenoxy) is 1. The van der Waals surface area contributed by atoms with Crippen molar-refractivity contribution < 1.29 is 23.9 Å². The van der Waals surface area contributed by atoms with Crippen molar-refractivity contribution >= 4 is 29.5 Å². The maximum absolute atomic E-state index is 13.8. The van der Waals surface area contributed by atoms with E-state index in [4.69, 9.17) is 4.74 Å². The lowest BCUT2D eigenvalue weighted by atomic mass is 10.0. The molecule has 1 saturated carbocycles. The van der Waals surface area contributed by atoms with E-state index >= 15 is 0 Å². The summed E-state index contributed by atoms with van der Waals surface area (Å²) in [7, 11) is 0. The Morgan fingerprint density at radius 2 is 1.76 bits per heavy atom. The molecule has 0 aromatic heterocycles. The van der Waals surface area contributed by atoms with Crippen molar-refractivity contribution in [1.29, 1.82) is 0 Å². The molecule has 2 fully saturated rings. The Morgan fingerprint density at radius 1 is 1.05 bits per heavy atom. The molecule has 0 bridgehead atoms. The highest BCUT2D eigenvalue weighted by atomic mass is 16.6. The van der Waals surface area contributed by atoms with Gasteiger partial charge in [0.05, 0.1) is 0 Å². The smallest absolute Gasteiger partial charge is 0.410 e. The van der Waals surface area contributed by atoms with Gasteiger partial charge >= 0.3 is 12.1 Å². The van der Waals surface area contributed by atoms with Crippen LogP contribution < -0.4 is 10.2 Å². The summed E-state index contributed by atoms with van der Waals surface area (Å²) < 4.78 is 5.51. The molecule has 37 heavy (non-hydrogen) atoms. The summed E-state index contributed by atoms with van der Waals surface area (Å²) in [5, 5.41) is 2.98. The number of nitrogens with one attached hydrogen (secondary N) is 1. The van der Waals surface area contributed by atoms with Crippen LogP contribution in [0.2, 0.25) is 0 Å². The first-order chi connectivity index (χ1) is 17.5. The highest BCUT2D eigenvalue weighted by Crippen LogP contribution is 2.32. The Hall–Kier alpha value is -3.10. The lowest BCUT2D eigenvalue weighted by molar-refractivity contribution is -0.118. The van der Waals surface area contributed by atoms with Gasteiger partial charge in [-0.15, -0.1) is 0 Å². The Bertz CT molecular complexity index is 1050. The minimum atomic E-state index is -0.580. The van der Waals surface area contributed by atoms with Gasteiger partial charge in [-0.25, -0.2) is 9.59 Å². The number of urea groups is 1. The van der Waals surface area contributed by atoms with E-state index in [1.54, 1.807) is 32.9 Å². The predicted molar refractivity (Wildman–Crippen MR) is 141 cm³/mol.